The van der Waals surface area contributed by atoms with Crippen LogP contribution in [0.2, 0.25) is 0 Å². The first-order valence-electron chi connectivity index (χ1n) is 11.1. The van der Waals surface area contributed by atoms with E-state index in [2.05, 4.69) is 39.8 Å². The molecule has 2 fully saturated rings. The molecule has 8 nitrogen and oxygen atoms in total. The molecule has 2 unspecified atom stereocenters. The van der Waals surface area contributed by atoms with Gasteiger partial charge in [-0.05, 0) is 41.8 Å². The van der Waals surface area contributed by atoms with Gasteiger partial charge in [-0.3, -0.25) is 19.7 Å². The van der Waals surface area contributed by atoms with Crippen LogP contribution in [0.1, 0.15) is 22.3 Å². The lowest BCUT2D eigenvalue weighted by molar-refractivity contribution is -0.132. The van der Waals surface area contributed by atoms with E-state index in [0.29, 0.717) is 12.1 Å². The molecule has 32 heavy (non-hydrogen) atoms. The molecule has 8 heteroatoms. The molecule has 2 aromatic carbocycles. The molecule has 2 aliphatic rings. The Bertz CT molecular complexity index is 905. The quantitative estimate of drug-likeness (QED) is 0.385. The fourth-order valence-corrected chi connectivity index (χ4v) is 4.29. The molecule has 0 radical (unpaired) electrons. The fourth-order valence-electron chi connectivity index (χ4n) is 4.29. The summed E-state index contributed by atoms with van der Waals surface area (Å²) in [5.74, 6) is -0.986. The number of benzene rings is 2. The van der Waals surface area contributed by atoms with E-state index in [4.69, 9.17) is 9.94 Å². The molecule has 2 saturated heterocycles. The molecule has 0 saturated carbocycles. The summed E-state index contributed by atoms with van der Waals surface area (Å²) in [6.45, 7) is 5.84. The first-order chi connectivity index (χ1) is 15.6. The largest absolute Gasteiger partial charge is 0.379 e. The number of morpholine rings is 1. The summed E-state index contributed by atoms with van der Waals surface area (Å²) in [6, 6.07) is 15.0. The molecule has 2 aromatic rings. The van der Waals surface area contributed by atoms with Gasteiger partial charge in [0.15, 0.2) is 0 Å². The number of hydrogen-bond acceptors (Lipinski definition) is 6. The highest BCUT2D eigenvalue weighted by Crippen LogP contribution is 2.22. The fraction of sp³-hybridized carbons (Fsp3) is 0.417. The minimum atomic E-state index is -0.777. The van der Waals surface area contributed by atoms with Crippen molar-refractivity contribution in [1.29, 1.82) is 0 Å². The van der Waals surface area contributed by atoms with Crippen molar-refractivity contribution in [2.24, 2.45) is 5.92 Å². The summed E-state index contributed by atoms with van der Waals surface area (Å²) < 4.78 is 5.40. The molecular formula is C24H30N4O4. The van der Waals surface area contributed by atoms with Crippen molar-refractivity contribution >= 4 is 11.8 Å². The number of hydroxylamine groups is 1. The zero-order valence-electron chi connectivity index (χ0n) is 18.0. The van der Waals surface area contributed by atoms with Crippen molar-refractivity contribution in [2.45, 2.75) is 19.0 Å². The van der Waals surface area contributed by atoms with E-state index in [1.807, 2.05) is 12.1 Å². The van der Waals surface area contributed by atoms with E-state index < -0.39 is 11.9 Å². The number of amides is 2. The van der Waals surface area contributed by atoms with Gasteiger partial charge < -0.3 is 15.4 Å². The Morgan fingerprint density at radius 1 is 1.06 bits per heavy atom. The highest BCUT2D eigenvalue weighted by atomic mass is 16.5. The average molecular weight is 439 g/mol. The normalized spacial score (nSPS) is 20.0. The van der Waals surface area contributed by atoms with E-state index in [1.165, 1.54) is 5.56 Å². The first kappa shape index (κ1) is 22.4. The maximum atomic E-state index is 12.7. The molecular weight excluding hydrogens is 408 g/mol. The van der Waals surface area contributed by atoms with Crippen molar-refractivity contribution in [2.75, 3.05) is 39.4 Å². The average Bonchev–Trinajstić information content (AvgIpc) is 3.38. The third-order valence-electron chi connectivity index (χ3n) is 6.19. The molecule has 0 bridgehead atoms. The van der Waals surface area contributed by atoms with E-state index in [1.54, 1.807) is 17.6 Å². The van der Waals surface area contributed by atoms with Crippen LogP contribution in [0.3, 0.4) is 0 Å². The Balaban J connectivity index is 1.38. The first-order valence-corrected chi connectivity index (χ1v) is 11.1. The Morgan fingerprint density at radius 3 is 2.31 bits per heavy atom. The van der Waals surface area contributed by atoms with E-state index >= 15 is 0 Å². The number of carbonyl (C=O) groups is 2. The zero-order valence-corrected chi connectivity index (χ0v) is 18.0. The van der Waals surface area contributed by atoms with E-state index in [-0.39, 0.29) is 11.8 Å². The van der Waals surface area contributed by atoms with Crippen LogP contribution in [-0.2, 0) is 16.1 Å². The van der Waals surface area contributed by atoms with Crippen LogP contribution in [0.25, 0.3) is 11.1 Å². The summed E-state index contributed by atoms with van der Waals surface area (Å²) in [4.78, 5) is 27.1. The second-order valence-electron chi connectivity index (χ2n) is 8.34. The molecule has 4 rings (SSSR count). The molecule has 2 atom stereocenters. The van der Waals surface area contributed by atoms with Crippen LogP contribution in [0.5, 0.6) is 0 Å². The SMILES string of the molecule is O=C(NC(C(=O)NO)C1CCNC1)c1ccc(-c2ccc(CN3CCOCC3)cc2)cc1. The lowest BCUT2D eigenvalue weighted by Gasteiger charge is -2.26. The predicted octanol–water partition coefficient (Wildman–Crippen LogP) is 1.40. The van der Waals surface area contributed by atoms with Gasteiger partial charge in [0, 0.05) is 37.7 Å². The standard InChI is InChI=1S/C24H30N4O4/c29-23(26-22(24(30)27-31)21-9-10-25-15-21)20-7-5-19(6-8-20)18-3-1-17(2-4-18)16-28-11-13-32-14-12-28/h1-8,21-22,25,31H,9-16H2,(H,26,29)(H,27,30). The molecule has 0 spiro atoms. The second-order valence-corrected chi connectivity index (χ2v) is 8.34. The highest BCUT2D eigenvalue weighted by molar-refractivity contribution is 5.97. The molecule has 2 aliphatic heterocycles. The predicted molar refractivity (Wildman–Crippen MR) is 120 cm³/mol. The van der Waals surface area contributed by atoms with Gasteiger partial charge in [-0.15, -0.1) is 0 Å². The number of ether oxygens (including phenoxy) is 1. The van der Waals surface area contributed by atoms with Crippen molar-refractivity contribution < 1.29 is 19.5 Å². The van der Waals surface area contributed by atoms with E-state index in [0.717, 1.165) is 56.9 Å². The Labute approximate surface area is 187 Å². The van der Waals surface area contributed by atoms with Gasteiger partial charge in [0.1, 0.15) is 6.04 Å². The van der Waals surface area contributed by atoms with Crippen molar-refractivity contribution in [1.82, 2.24) is 21.0 Å². The molecule has 0 aromatic heterocycles. The van der Waals surface area contributed by atoms with Gasteiger partial charge in [-0.1, -0.05) is 36.4 Å². The number of carbonyl (C=O) groups excluding carboxylic acids is 2. The minimum Gasteiger partial charge on any atom is -0.379 e. The summed E-state index contributed by atoms with van der Waals surface area (Å²) in [7, 11) is 0. The minimum absolute atomic E-state index is 0.0543. The summed E-state index contributed by atoms with van der Waals surface area (Å²) in [5.41, 5.74) is 5.50. The smallest absolute Gasteiger partial charge is 0.266 e. The third kappa shape index (κ3) is 5.52. The summed E-state index contributed by atoms with van der Waals surface area (Å²) in [6.07, 6.45) is 0.763. The highest BCUT2D eigenvalue weighted by Gasteiger charge is 2.32. The molecule has 2 amide bonds. The topological polar surface area (TPSA) is 103 Å². The number of rotatable bonds is 7. The summed E-state index contributed by atoms with van der Waals surface area (Å²) >= 11 is 0. The number of nitrogens with zero attached hydrogens (tertiary/aromatic N) is 1. The summed E-state index contributed by atoms with van der Waals surface area (Å²) in [5, 5.41) is 15.0. The molecule has 2 heterocycles. The van der Waals surface area contributed by atoms with Crippen LogP contribution < -0.4 is 16.1 Å². The van der Waals surface area contributed by atoms with Gasteiger partial charge in [0.05, 0.1) is 13.2 Å². The van der Waals surface area contributed by atoms with Crippen LogP contribution in [0, 0.1) is 5.92 Å². The van der Waals surface area contributed by atoms with Gasteiger partial charge >= 0.3 is 0 Å². The second kappa shape index (κ2) is 10.7. The molecule has 0 aliphatic carbocycles. The maximum Gasteiger partial charge on any atom is 0.266 e. The van der Waals surface area contributed by atoms with Crippen LogP contribution >= 0.6 is 0 Å². The Morgan fingerprint density at radius 2 is 1.72 bits per heavy atom. The Kier molecular flexibility index (Phi) is 7.49. The third-order valence-corrected chi connectivity index (χ3v) is 6.19. The monoisotopic (exact) mass is 438 g/mol. The van der Waals surface area contributed by atoms with Gasteiger partial charge in [-0.2, -0.15) is 0 Å². The van der Waals surface area contributed by atoms with Gasteiger partial charge in [0.25, 0.3) is 11.8 Å². The van der Waals surface area contributed by atoms with Gasteiger partial charge in [0.2, 0.25) is 0 Å². The number of hydrogen-bond donors (Lipinski definition) is 4. The van der Waals surface area contributed by atoms with Crippen LogP contribution in [0.15, 0.2) is 48.5 Å². The number of nitrogens with one attached hydrogen (secondary N) is 3. The van der Waals surface area contributed by atoms with Gasteiger partial charge in [-0.25, -0.2) is 5.48 Å². The van der Waals surface area contributed by atoms with E-state index in [9.17, 15) is 9.59 Å². The Hall–Kier alpha value is -2.78. The molecule has 170 valence electrons. The molecule has 4 N–H and O–H groups in total. The van der Waals surface area contributed by atoms with Crippen LogP contribution in [-0.4, -0.2) is 67.4 Å². The van der Waals surface area contributed by atoms with Crippen molar-refractivity contribution in [3.8, 4) is 11.1 Å². The lowest BCUT2D eigenvalue weighted by Crippen LogP contribution is -2.50. The van der Waals surface area contributed by atoms with Crippen molar-refractivity contribution in [3.05, 3.63) is 59.7 Å². The maximum absolute atomic E-state index is 12.7. The zero-order chi connectivity index (χ0) is 22.3. The van der Waals surface area contributed by atoms with Crippen LogP contribution in [0.4, 0.5) is 0 Å². The lowest BCUT2D eigenvalue weighted by atomic mass is 9.97. The van der Waals surface area contributed by atoms with Crippen molar-refractivity contribution in [3.63, 3.8) is 0 Å².